The first-order chi connectivity index (χ1) is 12.1. The van der Waals surface area contributed by atoms with Crippen molar-refractivity contribution in [1.29, 1.82) is 0 Å². The van der Waals surface area contributed by atoms with Crippen molar-refractivity contribution in [2.24, 2.45) is 0 Å². The summed E-state index contributed by atoms with van der Waals surface area (Å²) in [6, 6.07) is 7.31. The number of halogens is 1. The highest BCUT2D eigenvalue weighted by atomic mass is 35.5. The van der Waals surface area contributed by atoms with Gasteiger partial charge in [0.2, 0.25) is 5.16 Å². The van der Waals surface area contributed by atoms with Crippen LogP contribution in [0.25, 0.3) is 22.5 Å². The lowest BCUT2D eigenvalue weighted by atomic mass is 10.1. The topological polar surface area (TPSA) is 78.0 Å². The van der Waals surface area contributed by atoms with E-state index in [1.54, 1.807) is 27.4 Å². The Morgan fingerprint density at radius 2 is 2.08 bits per heavy atom. The van der Waals surface area contributed by atoms with E-state index in [1.165, 1.54) is 11.8 Å². The predicted molar refractivity (Wildman–Crippen MR) is 97.8 cm³/mol. The molecule has 4 aromatic rings. The molecule has 0 unspecified atom stereocenters. The van der Waals surface area contributed by atoms with Crippen LogP contribution in [0.4, 0.5) is 0 Å². The molecule has 9 heteroatoms. The van der Waals surface area contributed by atoms with E-state index >= 15 is 0 Å². The number of aromatic nitrogens is 6. The number of aryl methyl sites for hydroxylation is 1. The van der Waals surface area contributed by atoms with Gasteiger partial charge >= 0.3 is 0 Å². The number of rotatable bonds is 3. The van der Waals surface area contributed by atoms with Crippen molar-refractivity contribution in [3.8, 4) is 5.69 Å². The molecule has 0 radical (unpaired) electrons. The Kier molecular flexibility index (Phi) is 3.93. The average molecular weight is 373 g/mol. The van der Waals surface area contributed by atoms with Crippen molar-refractivity contribution in [2.75, 3.05) is 6.26 Å². The zero-order valence-corrected chi connectivity index (χ0v) is 15.0. The lowest BCUT2D eigenvalue weighted by molar-refractivity contribution is 0.882. The molecule has 0 aliphatic carbocycles. The second kappa shape index (κ2) is 6.12. The molecule has 0 aliphatic rings. The standard InChI is InChI=1S/C16H13ClN6OS/c1-3-9-4-5-10(17)8-12(9)22-7-6-11-13(14(22)24)19-20-15-18-16(25-2)21-23(11)15/h4-8H,3H2,1-2H3. The smallest absolute Gasteiger partial charge is 0.282 e. The van der Waals surface area contributed by atoms with Crippen LogP contribution in [-0.4, -0.2) is 35.6 Å². The molecule has 0 aliphatic heterocycles. The van der Waals surface area contributed by atoms with Crippen LogP contribution >= 0.6 is 23.4 Å². The molecule has 3 aromatic heterocycles. The van der Waals surface area contributed by atoms with Gasteiger partial charge in [-0.25, -0.2) is 0 Å². The molecule has 0 bridgehead atoms. The van der Waals surface area contributed by atoms with E-state index in [9.17, 15) is 4.79 Å². The number of nitrogens with zero attached hydrogens (tertiary/aromatic N) is 6. The van der Waals surface area contributed by atoms with Crippen molar-refractivity contribution in [3.63, 3.8) is 0 Å². The van der Waals surface area contributed by atoms with Gasteiger partial charge in [-0.15, -0.1) is 15.3 Å². The molecule has 126 valence electrons. The first-order valence-corrected chi connectivity index (χ1v) is 9.20. The molecule has 0 saturated carbocycles. The normalized spacial score (nSPS) is 11.5. The SMILES string of the molecule is CCc1ccc(Cl)cc1-n1ccc2c(nnc3nc(SC)nn32)c1=O. The van der Waals surface area contributed by atoms with Crippen LogP contribution < -0.4 is 5.56 Å². The van der Waals surface area contributed by atoms with E-state index < -0.39 is 0 Å². The molecule has 7 nitrogen and oxygen atoms in total. The van der Waals surface area contributed by atoms with Crippen molar-refractivity contribution in [2.45, 2.75) is 18.5 Å². The highest BCUT2D eigenvalue weighted by Crippen LogP contribution is 2.21. The summed E-state index contributed by atoms with van der Waals surface area (Å²) < 4.78 is 3.08. The fourth-order valence-electron chi connectivity index (χ4n) is 2.72. The Balaban J connectivity index is 2.02. The van der Waals surface area contributed by atoms with Gasteiger partial charge in [0.05, 0.1) is 5.69 Å². The summed E-state index contributed by atoms with van der Waals surface area (Å²) in [5.74, 6) is 0.367. The van der Waals surface area contributed by atoms with Gasteiger partial charge in [-0.3, -0.25) is 9.36 Å². The summed E-state index contributed by atoms with van der Waals surface area (Å²) in [6.45, 7) is 2.03. The number of thioether (sulfide) groups is 1. The van der Waals surface area contributed by atoms with E-state index in [0.717, 1.165) is 17.7 Å². The molecule has 0 spiro atoms. The van der Waals surface area contributed by atoms with Crippen molar-refractivity contribution in [3.05, 3.63) is 51.4 Å². The highest BCUT2D eigenvalue weighted by molar-refractivity contribution is 7.98. The van der Waals surface area contributed by atoms with Gasteiger partial charge in [-0.2, -0.15) is 9.50 Å². The number of fused-ring (bicyclic) bond motifs is 3. The summed E-state index contributed by atoms with van der Waals surface area (Å²) in [5.41, 5.74) is 2.29. The van der Waals surface area contributed by atoms with Gasteiger partial charge in [0.15, 0.2) is 5.52 Å². The Labute approximate surface area is 151 Å². The van der Waals surface area contributed by atoms with Crippen molar-refractivity contribution < 1.29 is 0 Å². The minimum Gasteiger partial charge on any atom is -0.282 e. The number of benzene rings is 1. The second-order valence-corrected chi connectivity index (χ2v) is 6.57. The Morgan fingerprint density at radius 3 is 2.84 bits per heavy atom. The summed E-state index contributed by atoms with van der Waals surface area (Å²) in [4.78, 5) is 17.2. The van der Waals surface area contributed by atoms with Crippen molar-refractivity contribution in [1.82, 2.24) is 29.4 Å². The van der Waals surface area contributed by atoms with Gasteiger partial charge in [-0.1, -0.05) is 36.4 Å². The lowest BCUT2D eigenvalue weighted by Crippen LogP contribution is -2.21. The number of pyridine rings is 1. The van der Waals surface area contributed by atoms with E-state index in [1.807, 2.05) is 25.3 Å². The van der Waals surface area contributed by atoms with Crippen LogP contribution in [0.1, 0.15) is 12.5 Å². The van der Waals surface area contributed by atoms with Crippen LogP contribution in [0.5, 0.6) is 0 Å². The lowest BCUT2D eigenvalue weighted by Gasteiger charge is -2.11. The summed E-state index contributed by atoms with van der Waals surface area (Å²) in [5, 5.41) is 13.6. The molecule has 0 amide bonds. The third kappa shape index (κ3) is 2.58. The first-order valence-electron chi connectivity index (χ1n) is 7.60. The minimum absolute atomic E-state index is 0.231. The maximum Gasteiger partial charge on any atom is 0.285 e. The van der Waals surface area contributed by atoms with Gasteiger partial charge < -0.3 is 0 Å². The van der Waals surface area contributed by atoms with E-state index in [4.69, 9.17) is 11.6 Å². The third-order valence-corrected chi connectivity index (χ3v) is 4.73. The Bertz CT molecular complexity index is 1170. The van der Waals surface area contributed by atoms with Gasteiger partial charge in [0.1, 0.15) is 5.52 Å². The quantitative estimate of drug-likeness (QED) is 0.514. The van der Waals surface area contributed by atoms with Crippen LogP contribution in [0, 0.1) is 0 Å². The molecule has 0 saturated heterocycles. The first kappa shape index (κ1) is 16.0. The number of hydrogen-bond donors (Lipinski definition) is 0. The largest absolute Gasteiger partial charge is 0.285 e. The molecule has 4 rings (SSSR count). The van der Waals surface area contributed by atoms with E-state index in [-0.39, 0.29) is 11.1 Å². The molecular weight excluding hydrogens is 360 g/mol. The van der Waals surface area contributed by atoms with Crippen LogP contribution in [0.3, 0.4) is 0 Å². The van der Waals surface area contributed by atoms with Crippen LogP contribution in [0.15, 0.2) is 40.4 Å². The van der Waals surface area contributed by atoms with Crippen LogP contribution in [0.2, 0.25) is 5.02 Å². The van der Waals surface area contributed by atoms with Crippen molar-refractivity contribution >= 4 is 40.2 Å². The summed E-state index contributed by atoms with van der Waals surface area (Å²) in [6.07, 6.45) is 4.36. The second-order valence-electron chi connectivity index (χ2n) is 5.36. The third-order valence-electron chi connectivity index (χ3n) is 3.95. The fourth-order valence-corrected chi connectivity index (χ4v) is 3.23. The molecule has 0 N–H and O–H groups in total. The highest BCUT2D eigenvalue weighted by Gasteiger charge is 2.14. The monoisotopic (exact) mass is 372 g/mol. The summed E-state index contributed by atoms with van der Waals surface area (Å²) in [7, 11) is 0. The van der Waals surface area contributed by atoms with E-state index in [2.05, 4.69) is 20.3 Å². The van der Waals surface area contributed by atoms with Gasteiger partial charge in [0, 0.05) is 11.2 Å². The van der Waals surface area contributed by atoms with E-state index in [0.29, 0.717) is 21.5 Å². The molecule has 0 fully saturated rings. The Morgan fingerprint density at radius 1 is 1.24 bits per heavy atom. The zero-order valence-electron chi connectivity index (χ0n) is 13.5. The van der Waals surface area contributed by atoms with Crippen LogP contribution in [-0.2, 0) is 6.42 Å². The molecule has 1 aromatic carbocycles. The molecule has 3 heterocycles. The molecule has 25 heavy (non-hydrogen) atoms. The predicted octanol–water partition coefficient (Wildman–Crippen LogP) is 2.76. The zero-order chi connectivity index (χ0) is 17.6. The maximum absolute atomic E-state index is 13.0. The average Bonchev–Trinajstić information content (AvgIpc) is 3.06. The Hall–Kier alpha value is -2.45. The summed E-state index contributed by atoms with van der Waals surface area (Å²) >= 11 is 7.53. The molecular formula is C16H13ClN6OS. The maximum atomic E-state index is 13.0. The van der Waals surface area contributed by atoms with Gasteiger partial charge in [0.25, 0.3) is 11.3 Å². The molecule has 0 atom stereocenters. The number of hydrogen-bond acceptors (Lipinski definition) is 6. The minimum atomic E-state index is -0.273. The fraction of sp³-hybridized carbons (Fsp3) is 0.188. The van der Waals surface area contributed by atoms with Gasteiger partial charge in [-0.05, 0) is 36.4 Å².